The number of amides is 1. The van der Waals surface area contributed by atoms with Crippen molar-refractivity contribution in [1.82, 2.24) is 4.90 Å². The van der Waals surface area contributed by atoms with E-state index in [4.69, 9.17) is 5.73 Å². The molecule has 0 radical (unpaired) electrons. The summed E-state index contributed by atoms with van der Waals surface area (Å²) in [6.07, 6.45) is 0.380. The van der Waals surface area contributed by atoms with E-state index in [1.54, 1.807) is 18.4 Å². The van der Waals surface area contributed by atoms with Crippen molar-refractivity contribution < 1.29 is 4.79 Å². The van der Waals surface area contributed by atoms with Crippen LogP contribution in [-0.2, 0) is 4.79 Å². The molecule has 0 fully saturated rings. The highest BCUT2D eigenvalue weighted by Crippen LogP contribution is 2.34. The van der Waals surface area contributed by atoms with Crippen molar-refractivity contribution in [2.75, 3.05) is 7.05 Å². The minimum atomic E-state index is -0.155. The van der Waals surface area contributed by atoms with Crippen LogP contribution in [0.1, 0.15) is 22.9 Å². The van der Waals surface area contributed by atoms with Crippen molar-refractivity contribution in [1.29, 1.82) is 0 Å². The molecule has 2 N–H and O–H groups in total. The zero-order valence-corrected chi connectivity index (χ0v) is 12.9. The molecule has 3 rings (SSSR count). The number of aliphatic imine (C=N–C) groups is 1. The second kappa shape index (κ2) is 5.33. The van der Waals surface area contributed by atoms with Crippen LogP contribution < -0.4 is 5.73 Å². The van der Waals surface area contributed by atoms with Gasteiger partial charge >= 0.3 is 0 Å². The smallest absolute Gasteiger partial charge is 0.231 e. The Morgan fingerprint density at radius 1 is 1.33 bits per heavy atom. The van der Waals surface area contributed by atoms with E-state index in [0.29, 0.717) is 12.4 Å². The summed E-state index contributed by atoms with van der Waals surface area (Å²) in [6, 6.07) is 10.3. The quantitative estimate of drug-likeness (QED) is 0.927. The van der Waals surface area contributed by atoms with Crippen molar-refractivity contribution in [2.24, 2.45) is 10.7 Å². The van der Waals surface area contributed by atoms with Gasteiger partial charge in [-0.05, 0) is 29.5 Å². The molecule has 4 nitrogen and oxygen atoms in total. The summed E-state index contributed by atoms with van der Waals surface area (Å²) in [5.74, 6) is 0.305. The average molecular weight is 299 g/mol. The van der Waals surface area contributed by atoms with Crippen molar-refractivity contribution in [3.05, 3.63) is 46.2 Å². The summed E-state index contributed by atoms with van der Waals surface area (Å²) in [5, 5.41) is 2.11. The van der Waals surface area contributed by atoms with Gasteiger partial charge < -0.3 is 5.73 Å². The second-order valence-electron chi connectivity index (χ2n) is 5.27. The Bertz CT molecular complexity index is 720. The van der Waals surface area contributed by atoms with E-state index in [1.165, 1.54) is 21.6 Å². The fraction of sp³-hybridized carbons (Fsp3) is 0.250. The van der Waals surface area contributed by atoms with Gasteiger partial charge in [0.05, 0.1) is 12.5 Å². The van der Waals surface area contributed by atoms with Gasteiger partial charge in [-0.1, -0.05) is 29.8 Å². The van der Waals surface area contributed by atoms with E-state index in [9.17, 15) is 4.79 Å². The number of guanidine groups is 1. The van der Waals surface area contributed by atoms with Crippen LogP contribution in [0.4, 0.5) is 0 Å². The molecule has 1 aliphatic rings. The zero-order chi connectivity index (χ0) is 15.0. The summed E-state index contributed by atoms with van der Waals surface area (Å²) in [7, 11) is 1.66. The number of benzene rings is 1. The number of thiophene rings is 1. The van der Waals surface area contributed by atoms with Crippen molar-refractivity contribution in [2.45, 2.75) is 19.4 Å². The van der Waals surface area contributed by atoms with Gasteiger partial charge in [0.2, 0.25) is 5.91 Å². The summed E-state index contributed by atoms with van der Waals surface area (Å²) in [4.78, 5) is 18.8. The number of rotatable bonds is 2. The molecule has 1 amide bonds. The first-order chi connectivity index (χ1) is 10.0. The molecule has 1 aliphatic heterocycles. The van der Waals surface area contributed by atoms with Gasteiger partial charge in [-0.2, -0.15) is 0 Å². The van der Waals surface area contributed by atoms with E-state index >= 15 is 0 Å². The zero-order valence-electron chi connectivity index (χ0n) is 12.0. The Kier molecular flexibility index (Phi) is 3.51. The Balaban J connectivity index is 1.91. The molecule has 2 heterocycles. The molecule has 0 aliphatic carbocycles. The fourth-order valence-electron chi connectivity index (χ4n) is 2.39. The Morgan fingerprint density at radius 2 is 2.14 bits per heavy atom. The maximum Gasteiger partial charge on any atom is 0.231 e. The SMILES string of the molecule is Cc1cccc(-c2csc([C@@H]3CC(=O)N(C)C(N)=N3)c2)c1. The Morgan fingerprint density at radius 3 is 2.86 bits per heavy atom. The lowest BCUT2D eigenvalue weighted by Crippen LogP contribution is -2.42. The highest BCUT2D eigenvalue weighted by Gasteiger charge is 2.26. The van der Waals surface area contributed by atoms with E-state index in [0.717, 1.165) is 4.88 Å². The number of nitrogens with zero attached hydrogens (tertiary/aromatic N) is 2. The van der Waals surface area contributed by atoms with E-state index in [2.05, 4.69) is 47.6 Å². The molecule has 0 spiro atoms. The number of hydrogen-bond donors (Lipinski definition) is 1. The number of hydrogen-bond acceptors (Lipinski definition) is 4. The van der Waals surface area contributed by atoms with Crippen LogP contribution in [0.5, 0.6) is 0 Å². The molecule has 0 saturated carbocycles. The van der Waals surface area contributed by atoms with Crippen LogP contribution in [0.25, 0.3) is 11.1 Å². The molecule has 108 valence electrons. The summed E-state index contributed by atoms with van der Waals surface area (Å²) in [5.41, 5.74) is 9.38. The second-order valence-corrected chi connectivity index (χ2v) is 6.21. The molecule has 0 saturated heterocycles. The monoisotopic (exact) mass is 299 g/mol. The van der Waals surface area contributed by atoms with Crippen LogP contribution in [0.2, 0.25) is 0 Å². The molecular formula is C16H17N3OS. The maximum atomic E-state index is 11.9. The first-order valence-corrected chi connectivity index (χ1v) is 7.68. The predicted molar refractivity (Wildman–Crippen MR) is 86.2 cm³/mol. The van der Waals surface area contributed by atoms with Crippen molar-refractivity contribution in [3.63, 3.8) is 0 Å². The summed E-state index contributed by atoms with van der Waals surface area (Å²) >= 11 is 1.63. The minimum absolute atomic E-state index is 0.0120. The lowest BCUT2D eigenvalue weighted by atomic mass is 10.0. The molecule has 1 aromatic carbocycles. The number of nitrogens with two attached hydrogens (primary N) is 1. The van der Waals surface area contributed by atoms with Crippen molar-refractivity contribution in [3.8, 4) is 11.1 Å². The lowest BCUT2D eigenvalue weighted by Gasteiger charge is -2.24. The maximum absolute atomic E-state index is 11.9. The Hall–Kier alpha value is -2.14. The molecule has 21 heavy (non-hydrogen) atoms. The van der Waals surface area contributed by atoms with Gasteiger partial charge in [-0.3, -0.25) is 9.69 Å². The largest absolute Gasteiger partial charge is 0.369 e. The molecule has 0 unspecified atom stereocenters. The lowest BCUT2D eigenvalue weighted by molar-refractivity contribution is -0.127. The average Bonchev–Trinajstić information content (AvgIpc) is 2.94. The third kappa shape index (κ3) is 2.69. The van der Waals surface area contributed by atoms with Crippen LogP contribution in [0.15, 0.2) is 40.7 Å². The first kappa shape index (κ1) is 13.8. The molecular weight excluding hydrogens is 282 g/mol. The number of aryl methyl sites for hydroxylation is 1. The molecule has 0 bridgehead atoms. The van der Waals surface area contributed by atoms with E-state index in [-0.39, 0.29) is 11.9 Å². The third-order valence-corrected chi connectivity index (χ3v) is 4.71. The molecule has 1 aromatic heterocycles. The van der Waals surface area contributed by atoms with Crippen LogP contribution in [0.3, 0.4) is 0 Å². The van der Waals surface area contributed by atoms with Gasteiger partial charge in [0.1, 0.15) is 0 Å². The number of carbonyl (C=O) groups is 1. The van der Waals surface area contributed by atoms with Gasteiger partial charge in [-0.25, -0.2) is 4.99 Å². The van der Waals surface area contributed by atoms with E-state index in [1.807, 2.05) is 0 Å². The first-order valence-electron chi connectivity index (χ1n) is 6.80. The summed E-state index contributed by atoms with van der Waals surface area (Å²) < 4.78 is 0. The number of carbonyl (C=O) groups excluding carboxylic acids is 1. The Labute approximate surface area is 127 Å². The highest BCUT2D eigenvalue weighted by atomic mass is 32.1. The van der Waals surface area contributed by atoms with Gasteiger partial charge in [-0.15, -0.1) is 11.3 Å². The van der Waals surface area contributed by atoms with E-state index < -0.39 is 0 Å². The predicted octanol–water partition coefficient (Wildman–Crippen LogP) is 2.94. The molecule has 2 aromatic rings. The standard InChI is InChI=1S/C16H17N3OS/c1-10-4-3-5-11(6-10)12-7-14(21-9-12)13-8-15(20)19(2)16(17)18-13/h3-7,9,13H,8H2,1-2H3,(H2,17,18)/t13-/m0/s1. The van der Waals surface area contributed by atoms with Gasteiger partial charge in [0, 0.05) is 11.9 Å². The summed E-state index contributed by atoms with van der Waals surface area (Å²) in [6.45, 7) is 2.08. The van der Waals surface area contributed by atoms with Crippen LogP contribution in [0, 0.1) is 6.92 Å². The highest BCUT2D eigenvalue weighted by molar-refractivity contribution is 7.10. The molecule has 5 heteroatoms. The van der Waals surface area contributed by atoms with Crippen molar-refractivity contribution >= 4 is 23.2 Å². The van der Waals surface area contributed by atoms with Gasteiger partial charge in [0.25, 0.3) is 0 Å². The minimum Gasteiger partial charge on any atom is -0.369 e. The topological polar surface area (TPSA) is 58.7 Å². The molecule has 1 atom stereocenters. The normalized spacial score (nSPS) is 18.8. The fourth-order valence-corrected chi connectivity index (χ4v) is 3.35. The third-order valence-electron chi connectivity index (χ3n) is 3.67. The van der Waals surface area contributed by atoms with Crippen LogP contribution in [-0.4, -0.2) is 23.8 Å². The van der Waals surface area contributed by atoms with Crippen LogP contribution >= 0.6 is 11.3 Å². The van der Waals surface area contributed by atoms with Gasteiger partial charge in [0.15, 0.2) is 5.96 Å².